The Morgan fingerprint density at radius 3 is 3.17 bits per heavy atom. The van der Waals surface area contributed by atoms with Gasteiger partial charge in [0.2, 0.25) is 0 Å². The lowest BCUT2D eigenvalue weighted by Crippen LogP contribution is -2.30. The smallest absolute Gasteiger partial charge is 0.275 e. The quantitative estimate of drug-likeness (QED) is 0.501. The molecule has 5 heteroatoms. The van der Waals surface area contributed by atoms with Gasteiger partial charge in [-0.25, -0.2) is 5.84 Å². The maximum absolute atomic E-state index is 11.5. The van der Waals surface area contributed by atoms with Crippen molar-refractivity contribution < 1.29 is 9.53 Å². The Morgan fingerprint density at radius 2 is 2.44 bits per heavy atom. The molecular weight excluding hydrogens is 248 g/mol. The molecule has 1 aromatic rings. The Bertz CT molecular complexity index is 405. The highest BCUT2D eigenvalue weighted by molar-refractivity contribution is 7.12. The molecule has 1 fully saturated rings. The number of amides is 1. The summed E-state index contributed by atoms with van der Waals surface area (Å²) >= 11 is 1.40. The Labute approximate surface area is 111 Å². The molecule has 18 heavy (non-hydrogen) atoms. The van der Waals surface area contributed by atoms with Crippen LogP contribution < -0.4 is 11.3 Å². The third-order valence-electron chi connectivity index (χ3n) is 3.45. The van der Waals surface area contributed by atoms with E-state index < -0.39 is 0 Å². The van der Waals surface area contributed by atoms with Crippen molar-refractivity contribution in [2.24, 2.45) is 11.8 Å². The number of nitrogens with two attached hydrogens (primary N) is 1. The van der Waals surface area contributed by atoms with Crippen LogP contribution in [0.1, 0.15) is 47.8 Å². The zero-order chi connectivity index (χ0) is 13.0. The van der Waals surface area contributed by atoms with E-state index in [-0.39, 0.29) is 5.91 Å². The van der Waals surface area contributed by atoms with Crippen LogP contribution in [0.25, 0.3) is 0 Å². The number of hydrogen-bond donors (Lipinski definition) is 2. The van der Waals surface area contributed by atoms with Gasteiger partial charge in [-0.15, -0.1) is 11.3 Å². The summed E-state index contributed by atoms with van der Waals surface area (Å²) in [6.07, 6.45) is 5.14. The number of hydrogen-bond acceptors (Lipinski definition) is 4. The average molecular weight is 268 g/mol. The molecule has 0 radical (unpaired) electrons. The summed E-state index contributed by atoms with van der Waals surface area (Å²) in [4.78, 5) is 12.2. The fraction of sp³-hybridized carbons (Fsp3) is 0.615. The van der Waals surface area contributed by atoms with Gasteiger partial charge in [0.1, 0.15) is 0 Å². The molecule has 1 aliphatic rings. The number of nitrogen functional groups attached to an aromatic ring is 1. The van der Waals surface area contributed by atoms with Crippen LogP contribution >= 0.6 is 11.3 Å². The normalized spacial score (nSPS) is 23.9. The molecule has 1 aromatic heterocycles. The van der Waals surface area contributed by atoms with Gasteiger partial charge in [-0.3, -0.25) is 10.2 Å². The first kappa shape index (κ1) is 13.5. The van der Waals surface area contributed by atoms with E-state index in [4.69, 9.17) is 10.6 Å². The van der Waals surface area contributed by atoms with Gasteiger partial charge in [0.05, 0.1) is 17.6 Å². The fourth-order valence-electron chi connectivity index (χ4n) is 2.45. The number of carbonyl (C=O) groups excluding carboxylic acids is 1. The highest BCUT2D eigenvalue weighted by Crippen LogP contribution is 2.27. The molecule has 2 atom stereocenters. The number of thiophene rings is 1. The van der Waals surface area contributed by atoms with Gasteiger partial charge in [-0.2, -0.15) is 0 Å². The molecule has 4 nitrogen and oxygen atoms in total. The van der Waals surface area contributed by atoms with Crippen LogP contribution in [0.5, 0.6) is 0 Å². The topological polar surface area (TPSA) is 64.3 Å². The van der Waals surface area contributed by atoms with E-state index in [1.54, 1.807) is 0 Å². The number of ether oxygens (including phenoxy) is 1. The zero-order valence-electron chi connectivity index (χ0n) is 10.6. The molecule has 3 N–H and O–H groups in total. The van der Waals surface area contributed by atoms with Gasteiger partial charge >= 0.3 is 0 Å². The lowest BCUT2D eigenvalue weighted by molar-refractivity contribution is 0.00454. The van der Waals surface area contributed by atoms with E-state index in [0.29, 0.717) is 17.6 Å². The van der Waals surface area contributed by atoms with E-state index in [0.717, 1.165) is 24.3 Å². The minimum Gasteiger partial charge on any atom is -0.373 e. The largest absolute Gasteiger partial charge is 0.373 e. The molecular formula is C13H20N2O2S. The van der Waals surface area contributed by atoms with Crippen LogP contribution in [0, 0.1) is 5.92 Å². The van der Waals surface area contributed by atoms with E-state index in [1.165, 1.54) is 24.2 Å². The molecule has 2 rings (SSSR count). The standard InChI is InChI=1S/C13H20N2O2S/c1-9-3-2-4-11(7-9)17-8-10-5-6-18-12(10)13(16)15-14/h5-6,9,11H,2-4,7-8,14H2,1H3,(H,15,16). The van der Waals surface area contributed by atoms with Crippen molar-refractivity contribution >= 4 is 17.2 Å². The summed E-state index contributed by atoms with van der Waals surface area (Å²) in [5.41, 5.74) is 3.10. The van der Waals surface area contributed by atoms with Crippen molar-refractivity contribution in [1.82, 2.24) is 5.43 Å². The van der Waals surface area contributed by atoms with Crippen molar-refractivity contribution in [3.8, 4) is 0 Å². The van der Waals surface area contributed by atoms with Crippen LogP contribution in [0.2, 0.25) is 0 Å². The van der Waals surface area contributed by atoms with Gasteiger partial charge in [-0.05, 0) is 30.2 Å². The van der Waals surface area contributed by atoms with Crippen LogP contribution in [0.4, 0.5) is 0 Å². The van der Waals surface area contributed by atoms with E-state index >= 15 is 0 Å². The molecule has 0 spiro atoms. The van der Waals surface area contributed by atoms with Gasteiger partial charge in [0, 0.05) is 5.56 Å². The summed E-state index contributed by atoms with van der Waals surface area (Å²) in [6, 6.07) is 1.93. The number of rotatable bonds is 4. The predicted octanol–water partition coefficient (Wildman–Crippen LogP) is 2.45. The van der Waals surface area contributed by atoms with Crippen LogP contribution in [0.3, 0.4) is 0 Å². The van der Waals surface area contributed by atoms with Crippen LogP contribution in [-0.4, -0.2) is 12.0 Å². The second kappa shape index (κ2) is 6.31. The minimum atomic E-state index is -0.236. The van der Waals surface area contributed by atoms with Gasteiger partial charge in [0.25, 0.3) is 5.91 Å². The minimum absolute atomic E-state index is 0.236. The molecule has 1 aliphatic carbocycles. The highest BCUT2D eigenvalue weighted by Gasteiger charge is 2.20. The molecule has 0 bridgehead atoms. The van der Waals surface area contributed by atoms with Crippen molar-refractivity contribution in [2.75, 3.05) is 0 Å². The first-order valence-corrected chi connectivity index (χ1v) is 7.27. The summed E-state index contributed by atoms with van der Waals surface area (Å²) in [5, 5.41) is 1.90. The predicted molar refractivity (Wildman–Crippen MR) is 72.2 cm³/mol. The molecule has 0 aromatic carbocycles. The third-order valence-corrected chi connectivity index (χ3v) is 4.40. The van der Waals surface area contributed by atoms with Gasteiger partial charge < -0.3 is 4.74 Å². The molecule has 1 heterocycles. The van der Waals surface area contributed by atoms with Crippen molar-refractivity contribution in [3.05, 3.63) is 21.9 Å². The second-order valence-electron chi connectivity index (χ2n) is 4.95. The first-order valence-electron chi connectivity index (χ1n) is 6.39. The number of carbonyl (C=O) groups is 1. The highest BCUT2D eigenvalue weighted by atomic mass is 32.1. The molecule has 100 valence electrons. The van der Waals surface area contributed by atoms with E-state index in [1.807, 2.05) is 11.4 Å². The van der Waals surface area contributed by atoms with Gasteiger partial charge in [0.15, 0.2) is 0 Å². The third kappa shape index (κ3) is 3.31. The Hall–Kier alpha value is -0.910. The number of nitrogens with one attached hydrogen (secondary N) is 1. The average Bonchev–Trinajstić information content (AvgIpc) is 2.84. The first-order chi connectivity index (χ1) is 8.70. The van der Waals surface area contributed by atoms with E-state index in [9.17, 15) is 4.79 Å². The maximum atomic E-state index is 11.5. The maximum Gasteiger partial charge on any atom is 0.275 e. The SMILES string of the molecule is CC1CCCC(OCc2ccsc2C(=O)NN)C1. The fourth-order valence-corrected chi connectivity index (χ4v) is 3.26. The second-order valence-corrected chi connectivity index (χ2v) is 5.87. The van der Waals surface area contributed by atoms with Gasteiger partial charge in [-0.1, -0.05) is 19.8 Å². The zero-order valence-corrected chi connectivity index (χ0v) is 11.5. The van der Waals surface area contributed by atoms with Crippen molar-refractivity contribution in [3.63, 3.8) is 0 Å². The Kier molecular flexibility index (Phi) is 4.74. The Morgan fingerprint density at radius 1 is 1.61 bits per heavy atom. The van der Waals surface area contributed by atoms with E-state index in [2.05, 4.69) is 12.3 Å². The lowest BCUT2D eigenvalue weighted by atomic mass is 9.89. The van der Waals surface area contributed by atoms with Crippen molar-refractivity contribution in [1.29, 1.82) is 0 Å². The molecule has 1 amide bonds. The summed E-state index contributed by atoms with van der Waals surface area (Å²) in [5.74, 6) is 5.67. The Balaban J connectivity index is 1.90. The van der Waals surface area contributed by atoms with Crippen LogP contribution in [0.15, 0.2) is 11.4 Å². The number of hydrazine groups is 1. The molecule has 0 aliphatic heterocycles. The van der Waals surface area contributed by atoms with Crippen LogP contribution in [-0.2, 0) is 11.3 Å². The lowest BCUT2D eigenvalue weighted by Gasteiger charge is -2.26. The summed E-state index contributed by atoms with van der Waals surface area (Å²) in [6.45, 7) is 2.77. The molecule has 0 saturated heterocycles. The molecule has 1 saturated carbocycles. The molecule has 2 unspecified atom stereocenters. The summed E-state index contributed by atoms with van der Waals surface area (Å²) < 4.78 is 5.92. The monoisotopic (exact) mass is 268 g/mol. The van der Waals surface area contributed by atoms with Crippen molar-refractivity contribution in [2.45, 2.75) is 45.3 Å². The summed E-state index contributed by atoms with van der Waals surface area (Å²) in [7, 11) is 0.